The van der Waals surface area contributed by atoms with Crippen molar-refractivity contribution in [3.63, 3.8) is 0 Å². The molecule has 0 amide bonds. The molecule has 0 radical (unpaired) electrons. The fourth-order valence-electron chi connectivity index (χ4n) is 6.38. The molecule has 3 aromatic carbocycles. The van der Waals surface area contributed by atoms with E-state index in [0.29, 0.717) is 29.7 Å². The molecule has 5 heteroatoms. The van der Waals surface area contributed by atoms with Crippen molar-refractivity contribution in [3.8, 4) is 11.5 Å². The summed E-state index contributed by atoms with van der Waals surface area (Å²) in [6.07, 6.45) is 6.16. The van der Waals surface area contributed by atoms with Crippen molar-refractivity contribution in [2.45, 2.75) is 69.8 Å². The molecule has 6 rings (SSSR count). The van der Waals surface area contributed by atoms with Gasteiger partial charge in [0.2, 0.25) is 0 Å². The first-order valence-corrected chi connectivity index (χ1v) is 14.4. The van der Waals surface area contributed by atoms with Gasteiger partial charge in [0, 0.05) is 29.3 Å². The quantitative estimate of drug-likeness (QED) is 0.329. The van der Waals surface area contributed by atoms with Crippen LogP contribution >= 0.6 is 0 Å². The second-order valence-electron chi connectivity index (χ2n) is 11.1. The summed E-state index contributed by atoms with van der Waals surface area (Å²) in [5, 5.41) is 3.48. The third-order valence-corrected chi connectivity index (χ3v) is 8.31. The summed E-state index contributed by atoms with van der Waals surface area (Å²) in [4.78, 5) is 27.8. The van der Waals surface area contributed by atoms with Crippen molar-refractivity contribution in [2.24, 2.45) is 0 Å². The molecule has 3 aliphatic rings. The van der Waals surface area contributed by atoms with E-state index in [2.05, 4.69) is 17.4 Å². The fourth-order valence-corrected chi connectivity index (χ4v) is 6.38. The molecule has 0 spiro atoms. The molecule has 1 heterocycles. The van der Waals surface area contributed by atoms with Crippen LogP contribution in [-0.2, 0) is 14.3 Å². The topological polar surface area (TPSA) is 64.6 Å². The number of nitrogens with one attached hydrogen (secondary N) is 1. The van der Waals surface area contributed by atoms with Gasteiger partial charge in [0.1, 0.15) is 17.6 Å². The van der Waals surface area contributed by atoms with Crippen molar-refractivity contribution in [1.29, 1.82) is 0 Å². The van der Waals surface area contributed by atoms with Gasteiger partial charge in [-0.3, -0.25) is 4.79 Å². The van der Waals surface area contributed by atoms with Crippen molar-refractivity contribution in [3.05, 3.63) is 119 Å². The maximum absolute atomic E-state index is 13.9. The molecule has 2 atom stereocenters. The Hall–Kier alpha value is -4.12. The summed E-state index contributed by atoms with van der Waals surface area (Å²) in [6, 6.07) is 27.6. The van der Waals surface area contributed by atoms with E-state index >= 15 is 0 Å². The second kappa shape index (κ2) is 11.5. The average Bonchev–Trinajstić information content (AvgIpc) is 2.98. The standard InChI is InChI=1S/C35H35NO4/c1-23-32(35(38)40-28-17-9-4-10-18-28)33(25-14-11-19-29(20-25)39-27-15-7-3-8-16-27)34-30(36-23)21-26(22-31(34)37)24-12-5-2-6-13-24/h2-3,5-8,11-16,19-20,26,28,33,36H,4,9-10,17-18,21-22H2,1H3. The number of allylic oxidation sites excluding steroid dienone is 3. The molecule has 1 aliphatic heterocycles. The third-order valence-electron chi connectivity index (χ3n) is 8.31. The third kappa shape index (κ3) is 5.46. The minimum atomic E-state index is -0.518. The molecule has 1 N–H and O–H groups in total. The monoisotopic (exact) mass is 533 g/mol. The minimum Gasteiger partial charge on any atom is -0.459 e. The van der Waals surface area contributed by atoms with Crippen LogP contribution in [0.3, 0.4) is 0 Å². The van der Waals surface area contributed by atoms with E-state index in [-0.39, 0.29) is 23.8 Å². The van der Waals surface area contributed by atoms with Gasteiger partial charge in [0.15, 0.2) is 5.78 Å². The van der Waals surface area contributed by atoms with Gasteiger partial charge < -0.3 is 14.8 Å². The SMILES string of the molecule is CC1=C(C(=O)OC2CCCCC2)C(c2cccc(Oc3ccccc3)c2)C2=C(CC(c3ccccc3)CC2=O)N1. The Balaban J connectivity index is 1.38. The molecule has 2 aliphatic carbocycles. The van der Waals surface area contributed by atoms with Crippen molar-refractivity contribution >= 4 is 11.8 Å². The smallest absolute Gasteiger partial charge is 0.337 e. The Labute approximate surface area is 235 Å². The molecule has 3 aromatic rings. The number of carbonyl (C=O) groups excluding carboxylic acids is 2. The lowest BCUT2D eigenvalue weighted by molar-refractivity contribution is -0.146. The molecule has 1 fully saturated rings. The lowest BCUT2D eigenvalue weighted by Gasteiger charge is -2.37. The highest BCUT2D eigenvalue weighted by Gasteiger charge is 2.42. The van der Waals surface area contributed by atoms with Gasteiger partial charge >= 0.3 is 5.97 Å². The first kappa shape index (κ1) is 26.1. The number of hydrogen-bond donors (Lipinski definition) is 1. The summed E-state index contributed by atoms with van der Waals surface area (Å²) in [5.74, 6) is 0.700. The Kier molecular flexibility index (Phi) is 7.54. The predicted molar refractivity (Wildman–Crippen MR) is 155 cm³/mol. The lowest BCUT2D eigenvalue weighted by atomic mass is 9.71. The van der Waals surface area contributed by atoms with Crippen LogP contribution in [0.25, 0.3) is 0 Å². The largest absolute Gasteiger partial charge is 0.459 e. The average molecular weight is 534 g/mol. The predicted octanol–water partition coefficient (Wildman–Crippen LogP) is 7.72. The van der Waals surface area contributed by atoms with Crippen molar-refractivity contribution in [2.75, 3.05) is 0 Å². The molecule has 1 saturated carbocycles. The van der Waals surface area contributed by atoms with Gasteiger partial charge in [-0.05, 0) is 80.3 Å². The minimum absolute atomic E-state index is 0.0671. The number of rotatable bonds is 6. The number of Topliss-reactive ketones (excluding diaryl/α,β-unsaturated/α-hetero) is 1. The number of ketones is 1. The van der Waals surface area contributed by atoms with Gasteiger partial charge in [0.05, 0.1) is 5.57 Å². The van der Waals surface area contributed by atoms with Crippen LogP contribution in [0.4, 0.5) is 0 Å². The summed E-state index contributed by atoms with van der Waals surface area (Å²) in [5.41, 5.74) is 4.85. The molecule has 2 unspecified atom stereocenters. The maximum Gasteiger partial charge on any atom is 0.337 e. The highest BCUT2D eigenvalue weighted by molar-refractivity contribution is 6.04. The van der Waals surface area contributed by atoms with Crippen LogP contribution < -0.4 is 10.1 Å². The summed E-state index contributed by atoms with van der Waals surface area (Å²) < 4.78 is 12.2. The number of benzene rings is 3. The van der Waals surface area contributed by atoms with E-state index in [1.807, 2.05) is 79.7 Å². The molecule has 0 saturated heterocycles. The van der Waals surface area contributed by atoms with Crippen molar-refractivity contribution in [1.82, 2.24) is 5.32 Å². The van der Waals surface area contributed by atoms with Gasteiger partial charge in [-0.2, -0.15) is 0 Å². The van der Waals surface area contributed by atoms with Crippen LogP contribution in [0.5, 0.6) is 11.5 Å². The normalized spacial score (nSPS) is 21.5. The van der Waals surface area contributed by atoms with Crippen LogP contribution in [0, 0.1) is 0 Å². The van der Waals surface area contributed by atoms with Gasteiger partial charge in [-0.25, -0.2) is 4.79 Å². The van der Waals surface area contributed by atoms with Gasteiger partial charge in [-0.1, -0.05) is 67.1 Å². The Morgan fingerprint density at radius 1 is 0.800 bits per heavy atom. The van der Waals surface area contributed by atoms with E-state index < -0.39 is 5.92 Å². The summed E-state index contributed by atoms with van der Waals surface area (Å²) >= 11 is 0. The Bertz CT molecular complexity index is 1450. The van der Waals surface area contributed by atoms with E-state index in [4.69, 9.17) is 9.47 Å². The zero-order valence-corrected chi connectivity index (χ0v) is 22.9. The second-order valence-corrected chi connectivity index (χ2v) is 11.1. The highest BCUT2D eigenvalue weighted by atomic mass is 16.5. The first-order chi connectivity index (χ1) is 19.6. The number of para-hydroxylation sites is 1. The van der Waals surface area contributed by atoms with E-state index in [1.165, 1.54) is 6.42 Å². The number of ether oxygens (including phenoxy) is 2. The molecule has 0 aromatic heterocycles. The Morgan fingerprint density at radius 2 is 1.48 bits per heavy atom. The number of esters is 1. The number of hydrogen-bond acceptors (Lipinski definition) is 5. The Morgan fingerprint density at radius 3 is 2.23 bits per heavy atom. The molecular weight excluding hydrogens is 498 g/mol. The molecular formula is C35H35NO4. The number of dihydropyridines is 1. The van der Waals surface area contributed by atoms with Gasteiger partial charge in [-0.15, -0.1) is 0 Å². The molecule has 40 heavy (non-hydrogen) atoms. The highest BCUT2D eigenvalue weighted by Crippen LogP contribution is 2.46. The fraction of sp³-hybridized carbons (Fsp3) is 0.314. The number of carbonyl (C=O) groups is 2. The van der Waals surface area contributed by atoms with Crippen LogP contribution in [-0.4, -0.2) is 17.9 Å². The summed E-state index contributed by atoms with van der Waals surface area (Å²) in [7, 11) is 0. The van der Waals surface area contributed by atoms with Crippen molar-refractivity contribution < 1.29 is 19.1 Å². The lowest BCUT2D eigenvalue weighted by Crippen LogP contribution is -2.37. The molecule has 0 bridgehead atoms. The summed E-state index contributed by atoms with van der Waals surface area (Å²) in [6.45, 7) is 1.93. The zero-order valence-electron chi connectivity index (χ0n) is 22.9. The molecule has 204 valence electrons. The van der Waals surface area contributed by atoms with E-state index in [1.54, 1.807) is 0 Å². The van der Waals surface area contributed by atoms with Crippen LogP contribution in [0.15, 0.2) is 107 Å². The van der Waals surface area contributed by atoms with E-state index in [9.17, 15) is 9.59 Å². The van der Waals surface area contributed by atoms with E-state index in [0.717, 1.165) is 54.0 Å². The van der Waals surface area contributed by atoms with Crippen LogP contribution in [0.1, 0.15) is 74.8 Å². The van der Waals surface area contributed by atoms with Crippen LogP contribution in [0.2, 0.25) is 0 Å². The maximum atomic E-state index is 13.9. The van der Waals surface area contributed by atoms with Gasteiger partial charge in [0.25, 0.3) is 0 Å². The zero-order chi connectivity index (χ0) is 27.5. The first-order valence-electron chi connectivity index (χ1n) is 14.4. The molecule has 5 nitrogen and oxygen atoms in total.